The largest absolute Gasteiger partial charge is 0.256 e. The van der Waals surface area contributed by atoms with Crippen molar-refractivity contribution in [1.29, 1.82) is 5.26 Å². The van der Waals surface area contributed by atoms with Crippen molar-refractivity contribution in [2.75, 3.05) is 6.26 Å². The van der Waals surface area contributed by atoms with Crippen LogP contribution in [0.5, 0.6) is 0 Å². The van der Waals surface area contributed by atoms with Crippen LogP contribution in [0.25, 0.3) is 0 Å². The van der Waals surface area contributed by atoms with Crippen LogP contribution in [-0.2, 0) is 13.5 Å². The SMILES string of the molecule is CC(c1ccc(C(Cl)(Cl)Cl)nc1)=S(C)(=O)NC#N. The summed E-state index contributed by atoms with van der Waals surface area (Å²) in [4.78, 5) is 4.50. The highest BCUT2D eigenvalue weighted by Crippen LogP contribution is 2.36. The Morgan fingerprint density at radius 2 is 2.11 bits per heavy atom. The van der Waals surface area contributed by atoms with Crippen molar-refractivity contribution in [2.24, 2.45) is 0 Å². The van der Waals surface area contributed by atoms with Gasteiger partial charge in [-0.3, -0.25) is 4.98 Å². The van der Waals surface area contributed by atoms with Crippen LogP contribution in [-0.4, -0.2) is 20.3 Å². The summed E-state index contributed by atoms with van der Waals surface area (Å²) in [6.07, 6.45) is 4.56. The molecule has 0 aliphatic rings. The summed E-state index contributed by atoms with van der Waals surface area (Å²) in [5.74, 6) is 0. The summed E-state index contributed by atoms with van der Waals surface area (Å²) in [5.41, 5.74) is 0.892. The van der Waals surface area contributed by atoms with E-state index in [2.05, 4.69) is 9.71 Å². The molecule has 1 heterocycles. The van der Waals surface area contributed by atoms with Crippen molar-refractivity contribution in [1.82, 2.24) is 9.71 Å². The lowest BCUT2D eigenvalue weighted by Gasteiger charge is -2.12. The van der Waals surface area contributed by atoms with Crippen LogP contribution in [0.4, 0.5) is 0 Å². The van der Waals surface area contributed by atoms with Crippen molar-refractivity contribution in [3.63, 3.8) is 0 Å². The van der Waals surface area contributed by atoms with Gasteiger partial charge in [-0.05, 0) is 13.0 Å². The summed E-state index contributed by atoms with van der Waals surface area (Å²) >= 11 is 17.0. The number of halogens is 3. The third-order valence-corrected chi connectivity index (χ3v) is 4.75. The monoisotopic (exact) mass is 325 g/mol. The highest BCUT2D eigenvalue weighted by atomic mass is 35.6. The molecule has 0 saturated heterocycles. The van der Waals surface area contributed by atoms with E-state index in [9.17, 15) is 4.21 Å². The molecule has 1 aromatic rings. The van der Waals surface area contributed by atoms with Crippen LogP contribution >= 0.6 is 34.8 Å². The molecule has 1 rings (SSSR count). The Morgan fingerprint density at radius 3 is 2.50 bits per heavy atom. The van der Waals surface area contributed by atoms with Crippen LogP contribution in [0.1, 0.15) is 18.2 Å². The van der Waals surface area contributed by atoms with Crippen LogP contribution < -0.4 is 4.72 Å². The number of alkyl halides is 3. The maximum atomic E-state index is 12.1. The maximum absolute atomic E-state index is 12.1. The first kappa shape index (κ1) is 15.4. The molecular weight excluding hydrogens is 317 g/mol. The summed E-state index contributed by atoms with van der Waals surface area (Å²) in [5, 5.41) is 8.53. The molecule has 0 saturated carbocycles. The van der Waals surface area contributed by atoms with E-state index in [-0.39, 0.29) is 5.69 Å². The topological polar surface area (TPSA) is 65.8 Å². The molecule has 1 unspecified atom stereocenters. The fourth-order valence-electron chi connectivity index (χ4n) is 1.16. The van der Waals surface area contributed by atoms with Gasteiger partial charge in [-0.15, -0.1) is 0 Å². The Hall–Kier alpha value is -0.670. The van der Waals surface area contributed by atoms with Gasteiger partial charge < -0.3 is 0 Å². The van der Waals surface area contributed by atoms with Crippen molar-refractivity contribution in [2.45, 2.75) is 10.7 Å². The average molecular weight is 327 g/mol. The first-order valence-electron chi connectivity index (χ1n) is 4.70. The van der Waals surface area contributed by atoms with Gasteiger partial charge in [0.2, 0.25) is 3.79 Å². The van der Waals surface area contributed by atoms with Gasteiger partial charge in [0.05, 0.1) is 15.4 Å². The summed E-state index contributed by atoms with van der Waals surface area (Å²) in [6, 6.07) is 3.18. The zero-order valence-electron chi connectivity index (χ0n) is 9.58. The molecule has 1 N–H and O–H groups in total. The predicted octanol–water partition coefficient (Wildman–Crippen LogP) is 2.35. The van der Waals surface area contributed by atoms with Crippen molar-refractivity contribution in [3.8, 4) is 6.19 Å². The number of nitrogens with zero attached hydrogens (tertiary/aromatic N) is 2. The van der Waals surface area contributed by atoms with Gasteiger partial charge in [0.25, 0.3) is 0 Å². The van der Waals surface area contributed by atoms with Crippen LogP contribution in [0.15, 0.2) is 18.3 Å². The average Bonchev–Trinajstić information content (AvgIpc) is 2.27. The van der Waals surface area contributed by atoms with Crippen LogP contribution in [0, 0.1) is 11.5 Å². The molecular formula is C10H10Cl3N3OS. The molecule has 0 fully saturated rings. The Labute approximate surface area is 121 Å². The lowest BCUT2D eigenvalue weighted by Crippen LogP contribution is -2.24. The molecule has 0 aliphatic carbocycles. The van der Waals surface area contributed by atoms with E-state index < -0.39 is 13.5 Å². The fourth-order valence-corrected chi connectivity index (χ4v) is 2.39. The molecule has 18 heavy (non-hydrogen) atoms. The van der Waals surface area contributed by atoms with Crippen molar-refractivity contribution < 1.29 is 4.21 Å². The molecule has 1 atom stereocenters. The molecule has 0 bridgehead atoms. The number of rotatable bonds is 2. The van der Waals surface area contributed by atoms with Crippen LogP contribution in [0.2, 0.25) is 0 Å². The summed E-state index contributed by atoms with van der Waals surface area (Å²) < 4.78 is 12.8. The highest BCUT2D eigenvalue weighted by Gasteiger charge is 2.24. The first-order valence-corrected chi connectivity index (χ1v) is 7.81. The number of nitrogens with one attached hydrogen (secondary N) is 1. The molecule has 0 aromatic carbocycles. The predicted molar refractivity (Wildman–Crippen MR) is 76.1 cm³/mol. The van der Waals surface area contributed by atoms with Gasteiger partial charge in [0, 0.05) is 22.9 Å². The normalized spacial score (nSPS) is 14.4. The second-order valence-corrected chi connectivity index (χ2v) is 8.33. The van der Waals surface area contributed by atoms with E-state index in [4.69, 9.17) is 40.1 Å². The van der Waals surface area contributed by atoms with Gasteiger partial charge >= 0.3 is 0 Å². The standard InChI is InChI=1S/C10H10Cl3N3OS/c1-7(18(2,17)16-6-14)8-3-4-9(15-5-8)10(11,12)13/h3-5H,1-2H3,(H,16,17). The zero-order valence-corrected chi connectivity index (χ0v) is 12.7. The lowest BCUT2D eigenvalue weighted by molar-refractivity contribution is 0.681. The smallest absolute Gasteiger partial charge is 0.232 e. The van der Waals surface area contributed by atoms with E-state index in [1.54, 1.807) is 19.2 Å². The maximum Gasteiger partial charge on any atom is 0.232 e. The highest BCUT2D eigenvalue weighted by molar-refractivity contribution is 8.00. The molecule has 0 amide bonds. The quantitative estimate of drug-likeness (QED) is 0.298. The van der Waals surface area contributed by atoms with Crippen molar-refractivity contribution >= 4 is 49.4 Å². The minimum Gasteiger partial charge on any atom is -0.256 e. The second kappa shape index (κ2) is 5.54. The van der Waals surface area contributed by atoms with Gasteiger partial charge in [-0.2, -0.15) is 5.26 Å². The van der Waals surface area contributed by atoms with E-state index in [0.717, 1.165) is 0 Å². The van der Waals surface area contributed by atoms with Crippen LogP contribution in [0.3, 0.4) is 0 Å². The minimum absolute atomic E-state index is 0.278. The number of hydrogen-bond donors (Lipinski definition) is 1. The van der Waals surface area contributed by atoms with E-state index in [0.29, 0.717) is 10.4 Å². The Kier molecular flexibility index (Phi) is 4.73. The molecule has 8 heteroatoms. The minimum atomic E-state index is -2.60. The molecule has 4 nitrogen and oxygen atoms in total. The number of pyridine rings is 1. The fraction of sp³-hybridized carbons (Fsp3) is 0.300. The second-order valence-electron chi connectivity index (χ2n) is 3.54. The zero-order chi connectivity index (χ0) is 14.0. The molecule has 0 radical (unpaired) electrons. The molecule has 0 spiro atoms. The Balaban J connectivity index is 3.23. The Morgan fingerprint density at radius 1 is 1.50 bits per heavy atom. The van der Waals surface area contributed by atoms with Crippen molar-refractivity contribution in [3.05, 3.63) is 29.6 Å². The number of aromatic nitrogens is 1. The third-order valence-electron chi connectivity index (χ3n) is 2.29. The molecule has 0 aliphatic heterocycles. The number of hydrogen-bond acceptors (Lipinski definition) is 3. The molecule has 1 aromatic heterocycles. The van der Waals surface area contributed by atoms with Gasteiger partial charge in [-0.25, -0.2) is 8.93 Å². The lowest BCUT2D eigenvalue weighted by atomic mass is 10.2. The summed E-state index contributed by atoms with van der Waals surface area (Å²) in [7, 11) is -2.60. The van der Waals surface area contributed by atoms with E-state index >= 15 is 0 Å². The van der Waals surface area contributed by atoms with E-state index in [1.165, 1.54) is 18.5 Å². The van der Waals surface area contributed by atoms with Gasteiger partial charge in [0.15, 0.2) is 6.19 Å². The third kappa shape index (κ3) is 3.66. The number of nitriles is 1. The first-order chi connectivity index (χ1) is 8.18. The molecule has 98 valence electrons. The van der Waals surface area contributed by atoms with Gasteiger partial charge in [-0.1, -0.05) is 40.9 Å². The van der Waals surface area contributed by atoms with E-state index in [1.807, 2.05) is 0 Å². The summed E-state index contributed by atoms with van der Waals surface area (Å²) in [6.45, 7) is 1.65. The van der Waals surface area contributed by atoms with Gasteiger partial charge in [0.1, 0.15) is 0 Å². The Bertz CT molecular complexity index is 592.